The van der Waals surface area contributed by atoms with Crippen LogP contribution in [0.3, 0.4) is 0 Å². The molecule has 2 atom stereocenters. The molecule has 7 heteroatoms. The van der Waals surface area contributed by atoms with Gasteiger partial charge in [-0.3, -0.25) is 9.59 Å². The topological polar surface area (TPSA) is 101 Å². The molecule has 7 nitrogen and oxygen atoms in total. The van der Waals surface area contributed by atoms with Crippen molar-refractivity contribution in [3.63, 3.8) is 0 Å². The highest BCUT2D eigenvalue weighted by molar-refractivity contribution is 6.09. The standard InChI is InChI=1S/C24H25N3O4/c1-13-10-16-23(18(29)11-13)22(15-7-8-17(28)19(12-15)31-3)21(14(2)26-16)24(30)27-20-6-4-5-9-25-20/h4-9,12-13,22,26,28H,10-11H2,1-3H3,(H,25,27,30)/t13-,22+/m1/s1. The summed E-state index contributed by atoms with van der Waals surface area (Å²) in [4.78, 5) is 30.7. The van der Waals surface area contributed by atoms with Gasteiger partial charge in [0.05, 0.1) is 7.11 Å². The van der Waals surface area contributed by atoms with Crippen LogP contribution < -0.4 is 15.4 Å². The molecule has 1 aliphatic carbocycles. The quantitative estimate of drug-likeness (QED) is 0.699. The normalized spacial score (nSPS) is 20.8. The van der Waals surface area contributed by atoms with E-state index in [9.17, 15) is 14.7 Å². The average molecular weight is 419 g/mol. The lowest BCUT2D eigenvalue weighted by molar-refractivity contribution is -0.117. The largest absolute Gasteiger partial charge is 0.504 e. The van der Waals surface area contributed by atoms with Gasteiger partial charge in [-0.2, -0.15) is 0 Å². The molecule has 1 aromatic heterocycles. The lowest BCUT2D eigenvalue weighted by atomic mass is 9.73. The molecular formula is C24H25N3O4. The predicted molar refractivity (Wildman–Crippen MR) is 117 cm³/mol. The van der Waals surface area contributed by atoms with E-state index in [2.05, 4.69) is 15.6 Å². The zero-order valence-corrected chi connectivity index (χ0v) is 17.7. The number of phenols is 1. The van der Waals surface area contributed by atoms with E-state index < -0.39 is 5.92 Å². The smallest absolute Gasteiger partial charge is 0.255 e. The van der Waals surface area contributed by atoms with Crippen molar-refractivity contribution in [2.24, 2.45) is 5.92 Å². The van der Waals surface area contributed by atoms with Crippen molar-refractivity contribution in [2.45, 2.75) is 32.6 Å². The van der Waals surface area contributed by atoms with Gasteiger partial charge in [-0.25, -0.2) is 4.98 Å². The van der Waals surface area contributed by atoms with E-state index in [0.717, 1.165) is 12.1 Å². The number of benzene rings is 1. The minimum Gasteiger partial charge on any atom is -0.504 e. The molecule has 0 radical (unpaired) electrons. The van der Waals surface area contributed by atoms with Crippen LogP contribution in [-0.4, -0.2) is 28.9 Å². The second kappa shape index (κ2) is 8.26. The zero-order valence-electron chi connectivity index (χ0n) is 17.7. The van der Waals surface area contributed by atoms with Crippen LogP contribution in [0.1, 0.15) is 38.2 Å². The molecule has 2 heterocycles. The molecule has 0 saturated carbocycles. The molecule has 0 unspecified atom stereocenters. The SMILES string of the molecule is COc1cc([C@H]2C(C(=O)Nc3ccccn3)=C(C)NC3=C2C(=O)C[C@H](C)C3)ccc1O. The van der Waals surface area contributed by atoms with Gasteiger partial charge < -0.3 is 20.5 Å². The highest BCUT2D eigenvalue weighted by Gasteiger charge is 2.40. The van der Waals surface area contributed by atoms with Crippen molar-refractivity contribution in [2.75, 3.05) is 12.4 Å². The van der Waals surface area contributed by atoms with Crippen LogP contribution in [0.25, 0.3) is 0 Å². The number of allylic oxidation sites excluding steroid dienone is 3. The van der Waals surface area contributed by atoms with E-state index in [1.54, 1.807) is 36.5 Å². The van der Waals surface area contributed by atoms with E-state index in [0.29, 0.717) is 34.6 Å². The lowest BCUT2D eigenvalue weighted by Crippen LogP contribution is -2.37. The minimum atomic E-state index is -0.575. The van der Waals surface area contributed by atoms with Crippen LogP contribution in [0.2, 0.25) is 0 Å². The van der Waals surface area contributed by atoms with Gasteiger partial charge >= 0.3 is 0 Å². The van der Waals surface area contributed by atoms with Crippen molar-refractivity contribution in [1.29, 1.82) is 0 Å². The summed E-state index contributed by atoms with van der Waals surface area (Å²) in [6, 6.07) is 10.2. The number of aromatic hydroxyl groups is 1. The molecule has 2 aromatic rings. The highest BCUT2D eigenvalue weighted by Crippen LogP contribution is 2.45. The van der Waals surface area contributed by atoms with Crippen molar-refractivity contribution in [3.8, 4) is 11.5 Å². The Morgan fingerprint density at radius 3 is 2.77 bits per heavy atom. The van der Waals surface area contributed by atoms with Gasteiger partial charge in [0, 0.05) is 41.1 Å². The number of aromatic nitrogens is 1. The number of nitrogens with one attached hydrogen (secondary N) is 2. The molecule has 4 rings (SSSR count). The Kier molecular flexibility index (Phi) is 5.50. The van der Waals surface area contributed by atoms with E-state index in [1.165, 1.54) is 13.2 Å². The Labute approximate surface area is 180 Å². The first kappa shape index (κ1) is 20.7. The highest BCUT2D eigenvalue weighted by atomic mass is 16.5. The average Bonchev–Trinajstić information content (AvgIpc) is 2.73. The number of ketones is 1. The molecule has 1 amide bonds. The summed E-state index contributed by atoms with van der Waals surface area (Å²) in [5.74, 6) is 0.0564. The van der Waals surface area contributed by atoms with Gasteiger partial charge in [-0.05, 0) is 49.1 Å². The Balaban J connectivity index is 1.83. The fourth-order valence-corrected chi connectivity index (χ4v) is 4.36. The first-order chi connectivity index (χ1) is 14.9. The molecule has 0 fully saturated rings. The maximum absolute atomic E-state index is 13.4. The molecule has 3 N–H and O–H groups in total. The second-order valence-electron chi connectivity index (χ2n) is 8.03. The minimum absolute atomic E-state index is 0.00170. The van der Waals surface area contributed by atoms with Crippen LogP contribution in [0.4, 0.5) is 5.82 Å². The number of phenolic OH excluding ortho intramolecular Hbond substituents is 1. The maximum Gasteiger partial charge on any atom is 0.255 e. The third kappa shape index (κ3) is 3.91. The van der Waals surface area contributed by atoms with Crippen LogP contribution in [0.5, 0.6) is 11.5 Å². The predicted octanol–water partition coefficient (Wildman–Crippen LogP) is 3.65. The number of pyridine rings is 1. The Bertz CT molecular complexity index is 1110. The third-order valence-electron chi connectivity index (χ3n) is 5.72. The molecule has 31 heavy (non-hydrogen) atoms. The number of hydrogen-bond donors (Lipinski definition) is 3. The van der Waals surface area contributed by atoms with E-state index in [4.69, 9.17) is 4.74 Å². The molecular weight excluding hydrogens is 394 g/mol. The molecule has 0 bridgehead atoms. The first-order valence-corrected chi connectivity index (χ1v) is 10.2. The van der Waals surface area contributed by atoms with Gasteiger partial charge in [0.25, 0.3) is 5.91 Å². The lowest BCUT2D eigenvalue weighted by Gasteiger charge is -2.36. The monoisotopic (exact) mass is 419 g/mol. The van der Waals surface area contributed by atoms with Crippen LogP contribution in [0.15, 0.2) is 65.1 Å². The number of ether oxygens (including phenoxy) is 1. The molecule has 0 spiro atoms. The number of Topliss-reactive ketones (excluding diaryl/α,β-unsaturated/α-hetero) is 1. The number of rotatable bonds is 4. The van der Waals surface area contributed by atoms with Gasteiger partial charge in [-0.15, -0.1) is 0 Å². The summed E-state index contributed by atoms with van der Waals surface area (Å²) in [5, 5.41) is 16.2. The van der Waals surface area contributed by atoms with Gasteiger partial charge in [0.15, 0.2) is 17.3 Å². The van der Waals surface area contributed by atoms with Gasteiger partial charge in [0.2, 0.25) is 0 Å². The molecule has 160 valence electrons. The van der Waals surface area contributed by atoms with Crippen molar-refractivity contribution >= 4 is 17.5 Å². The summed E-state index contributed by atoms with van der Waals surface area (Å²) < 4.78 is 5.28. The molecule has 1 aliphatic heterocycles. The second-order valence-corrected chi connectivity index (χ2v) is 8.03. The summed E-state index contributed by atoms with van der Waals surface area (Å²) in [7, 11) is 1.47. The number of anilines is 1. The number of carbonyl (C=O) groups is 2. The summed E-state index contributed by atoms with van der Waals surface area (Å²) in [5.41, 5.74) is 3.29. The van der Waals surface area contributed by atoms with Crippen LogP contribution >= 0.6 is 0 Å². The Morgan fingerprint density at radius 2 is 2.06 bits per heavy atom. The van der Waals surface area contributed by atoms with Crippen molar-refractivity contribution in [3.05, 3.63) is 70.7 Å². The third-order valence-corrected chi connectivity index (χ3v) is 5.72. The van der Waals surface area contributed by atoms with Gasteiger partial charge in [0.1, 0.15) is 5.82 Å². The number of carbonyl (C=O) groups excluding carboxylic acids is 2. The summed E-state index contributed by atoms with van der Waals surface area (Å²) in [6.45, 7) is 3.88. The number of methoxy groups -OCH3 is 1. The Hall–Kier alpha value is -3.61. The fourth-order valence-electron chi connectivity index (χ4n) is 4.36. The van der Waals surface area contributed by atoms with E-state index >= 15 is 0 Å². The zero-order chi connectivity index (χ0) is 22.1. The molecule has 0 saturated heterocycles. The Morgan fingerprint density at radius 1 is 1.26 bits per heavy atom. The molecule has 1 aromatic carbocycles. The first-order valence-electron chi connectivity index (χ1n) is 10.2. The van der Waals surface area contributed by atoms with Crippen molar-refractivity contribution in [1.82, 2.24) is 10.3 Å². The number of nitrogens with zero attached hydrogens (tertiary/aromatic N) is 1. The maximum atomic E-state index is 13.4. The van der Waals surface area contributed by atoms with Crippen LogP contribution in [0, 0.1) is 5.92 Å². The number of hydrogen-bond acceptors (Lipinski definition) is 6. The number of dihydropyridines is 1. The fraction of sp³-hybridized carbons (Fsp3) is 0.292. The number of amides is 1. The van der Waals surface area contributed by atoms with E-state index in [1.807, 2.05) is 13.8 Å². The van der Waals surface area contributed by atoms with Crippen LogP contribution in [-0.2, 0) is 9.59 Å². The summed E-state index contributed by atoms with van der Waals surface area (Å²) in [6.07, 6.45) is 2.77. The van der Waals surface area contributed by atoms with Gasteiger partial charge in [-0.1, -0.05) is 19.1 Å². The van der Waals surface area contributed by atoms with Crippen molar-refractivity contribution < 1.29 is 19.4 Å². The molecule has 2 aliphatic rings. The van der Waals surface area contributed by atoms with E-state index in [-0.39, 0.29) is 29.1 Å². The summed E-state index contributed by atoms with van der Waals surface area (Å²) >= 11 is 0.